The lowest BCUT2D eigenvalue weighted by Crippen LogP contribution is -2.12. The highest BCUT2D eigenvalue weighted by Crippen LogP contribution is 2.27. The molecule has 142 valence electrons. The number of carbonyl (C=O) groups is 1. The van der Waals surface area contributed by atoms with E-state index in [9.17, 15) is 4.79 Å². The van der Waals surface area contributed by atoms with Crippen molar-refractivity contribution in [1.29, 1.82) is 0 Å². The summed E-state index contributed by atoms with van der Waals surface area (Å²) in [6.07, 6.45) is 4.78. The molecule has 5 rings (SSSR count). The van der Waals surface area contributed by atoms with Crippen LogP contribution in [0.5, 0.6) is 0 Å². The fourth-order valence-electron chi connectivity index (χ4n) is 2.85. The first-order chi connectivity index (χ1) is 14.2. The molecule has 0 unspecified atom stereocenters. The summed E-state index contributed by atoms with van der Waals surface area (Å²) >= 11 is 1.27. The summed E-state index contributed by atoms with van der Waals surface area (Å²) in [6.45, 7) is 0. The number of H-pyrrole nitrogens is 2. The van der Waals surface area contributed by atoms with Gasteiger partial charge in [0.05, 0.1) is 18.0 Å². The number of carbonyl (C=O) groups excluding carboxylic acids is 1. The molecule has 0 saturated carbocycles. The van der Waals surface area contributed by atoms with Crippen LogP contribution in [0.2, 0.25) is 0 Å². The molecule has 0 bridgehead atoms. The molecule has 0 saturated heterocycles. The lowest BCUT2D eigenvalue weighted by atomic mass is 10.2. The lowest BCUT2D eigenvalue weighted by molar-refractivity contribution is 0.102. The van der Waals surface area contributed by atoms with E-state index in [1.54, 1.807) is 18.5 Å². The number of hydrogen-bond donors (Lipinski definition) is 4. The van der Waals surface area contributed by atoms with Crippen LogP contribution >= 0.6 is 11.5 Å². The summed E-state index contributed by atoms with van der Waals surface area (Å²) < 4.78 is 4.42. The first kappa shape index (κ1) is 17.1. The van der Waals surface area contributed by atoms with Gasteiger partial charge in [0.15, 0.2) is 5.82 Å². The Kier molecular flexibility index (Phi) is 4.22. The van der Waals surface area contributed by atoms with Crippen molar-refractivity contribution >= 4 is 44.8 Å². The Morgan fingerprint density at radius 1 is 1.10 bits per heavy atom. The van der Waals surface area contributed by atoms with Gasteiger partial charge in [0.2, 0.25) is 5.13 Å². The van der Waals surface area contributed by atoms with Gasteiger partial charge >= 0.3 is 0 Å². The van der Waals surface area contributed by atoms with Crippen molar-refractivity contribution < 1.29 is 4.79 Å². The van der Waals surface area contributed by atoms with E-state index in [0.717, 1.165) is 22.2 Å². The van der Waals surface area contributed by atoms with E-state index < -0.39 is 0 Å². The topological polar surface area (TPSA) is 124 Å². The molecule has 0 aliphatic rings. The Hall–Kier alpha value is -4.05. The normalized spacial score (nSPS) is 10.9. The van der Waals surface area contributed by atoms with Gasteiger partial charge < -0.3 is 15.6 Å². The number of amides is 1. The smallest absolute Gasteiger partial charge is 0.275 e. The number of imidazole rings is 1. The van der Waals surface area contributed by atoms with Gasteiger partial charge in [0.1, 0.15) is 5.69 Å². The first-order valence-electron chi connectivity index (χ1n) is 8.69. The predicted octanol–water partition coefficient (Wildman–Crippen LogP) is 3.80. The number of nitrogens with zero attached hydrogens (tertiary/aromatic N) is 4. The molecule has 2 aromatic carbocycles. The molecule has 29 heavy (non-hydrogen) atoms. The molecule has 0 aliphatic carbocycles. The first-order valence-corrected chi connectivity index (χ1v) is 9.46. The van der Waals surface area contributed by atoms with Crippen LogP contribution < -0.4 is 10.6 Å². The molecule has 0 atom stereocenters. The van der Waals surface area contributed by atoms with Crippen molar-refractivity contribution in [2.75, 3.05) is 10.6 Å². The molecule has 1 amide bonds. The molecule has 10 heteroatoms. The van der Waals surface area contributed by atoms with E-state index in [2.05, 4.69) is 40.2 Å². The van der Waals surface area contributed by atoms with Crippen LogP contribution in [0.15, 0.2) is 61.2 Å². The molecule has 4 N–H and O–H groups in total. The third kappa shape index (κ3) is 3.56. The minimum atomic E-state index is -0.286. The zero-order chi connectivity index (χ0) is 19.6. The molecule has 9 nitrogen and oxygen atoms in total. The second-order valence-corrected chi connectivity index (χ2v) is 6.96. The van der Waals surface area contributed by atoms with E-state index in [0.29, 0.717) is 22.3 Å². The highest BCUT2D eigenvalue weighted by molar-refractivity contribution is 7.09. The second-order valence-electron chi connectivity index (χ2n) is 6.21. The number of rotatable bonds is 5. The zero-order valence-electron chi connectivity index (χ0n) is 14.9. The van der Waals surface area contributed by atoms with Gasteiger partial charge in [0, 0.05) is 40.1 Å². The van der Waals surface area contributed by atoms with Crippen molar-refractivity contribution in [3.63, 3.8) is 0 Å². The highest BCUT2D eigenvalue weighted by atomic mass is 32.1. The Balaban J connectivity index is 1.34. The Labute approximate surface area is 168 Å². The lowest BCUT2D eigenvalue weighted by Gasteiger charge is -2.04. The summed E-state index contributed by atoms with van der Waals surface area (Å²) in [4.78, 5) is 23.4. The highest BCUT2D eigenvalue weighted by Gasteiger charge is 2.11. The van der Waals surface area contributed by atoms with Crippen LogP contribution in [0, 0.1) is 0 Å². The predicted molar refractivity (Wildman–Crippen MR) is 111 cm³/mol. The molecule has 3 heterocycles. The number of aromatic nitrogens is 6. The maximum atomic E-state index is 12.2. The number of hydrogen-bond acceptors (Lipinski definition) is 7. The van der Waals surface area contributed by atoms with E-state index in [1.165, 1.54) is 17.9 Å². The Morgan fingerprint density at radius 2 is 2.07 bits per heavy atom. The van der Waals surface area contributed by atoms with Crippen LogP contribution in [0.3, 0.4) is 0 Å². The van der Waals surface area contributed by atoms with Gasteiger partial charge in [-0.1, -0.05) is 12.1 Å². The number of fused-ring (bicyclic) bond motifs is 1. The number of aromatic amines is 2. The van der Waals surface area contributed by atoms with E-state index in [1.807, 2.05) is 36.4 Å². The summed E-state index contributed by atoms with van der Waals surface area (Å²) in [5.74, 6) is 0.296. The Bertz CT molecular complexity index is 1290. The monoisotopic (exact) mass is 402 g/mol. The number of anilines is 3. The average molecular weight is 402 g/mol. The van der Waals surface area contributed by atoms with E-state index in [-0.39, 0.29) is 5.91 Å². The fraction of sp³-hybridized carbons (Fsp3) is 0. The van der Waals surface area contributed by atoms with Gasteiger partial charge in [-0.05, 0) is 30.3 Å². The van der Waals surface area contributed by atoms with Gasteiger partial charge in [0.25, 0.3) is 5.91 Å². The van der Waals surface area contributed by atoms with Crippen LogP contribution in [0.4, 0.5) is 16.5 Å². The summed E-state index contributed by atoms with van der Waals surface area (Å²) in [5, 5.41) is 14.7. The molecule has 0 fully saturated rings. The molecule has 0 aliphatic heterocycles. The largest absolute Gasteiger partial charge is 0.350 e. The fourth-order valence-corrected chi connectivity index (χ4v) is 3.46. The summed E-state index contributed by atoms with van der Waals surface area (Å²) in [7, 11) is 0. The molecule has 0 radical (unpaired) electrons. The Morgan fingerprint density at radius 3 is 2.97 bits per heavy atom. The average Bonchev–Trinajstić information content (AvgIpc) is 3.49. The minimum absolute atomic E-state index is 0.286. The van der Waals surface area contributed by atoms with Gasteiger partial charge in [-0.25, -0.2) is 4.98 Å². The van der Waals surface area contributed by atoms with Crippen molar-refractivity contribution in [1.82, 2.24) is 29.5 Å². The number of nitrogens with one attached hydrogen (secondary N) is 4. The van der Waals surface area contributed by atoms with Crippen molar-refractivity contribution in [2.24, 2.45) is 0 Å². The maximum absolute atomic E-state index is 12.2. The van der Waals surface area contributed by atoms with Gasteiger partial charge in [-0.3, -0.25) is 9.89 Å². The quantitative estimate of drug-likeness (QED) is 0.354. The second kappa shape index (κ2) is 7.17. The maximum Gasteiger partial charge on any atom is 0.275 e. The molecular weight excluding hydrogens is 388 g/mol. The van der Waals surface area contributed by atoms with E-state index in [4.69, 9.17) is 0 Å². The molecule has 0 spiro atoms. The zero-order valence-corrected chi connectivity index (χ0v) is 15.7. The van der Waals surface area contributed by atoms with Crippen molar-refractivity contribution in [3.8, 4) is 11.4 Å². The van der Waals surface area contributed by atoms with Crippen molar-refractivity contribution in [3.05, 3.63) is 66.9 Å². The standard InChI is InChI=1S/C19H14N8OS/c28-18(16-9-20-10-21-16)23-13-3-1-2-11(6-13)17-25-19(29-27-17)24-14-4-5-15-12(7-14)8-22-26-15/h1-10H,(H,20,21)(H,22,26)(H,23,28)(H,24,25,27). The van der Waals surface area contributed by atoms with Crippen LogP contribution in [0.25, 0.3) is 22.3 Å². The molecule has 3 aromatic heterocycles. The third-order valence-electron chi connectivity index (χ3n) is 4.23. The molecular formula is C19H14N8OS. The van der Waals surface area contributed by atoms with Crippen LogP contribution in [0.1, 0.15) is 10.5 Å². The SMILES string of the molecule is O=C(Nc1cccc(-c2nsc(Nc3ccc4[nH]ncc4c3)n2)c1)c1c[nH]cn1. The molecule has 5 aromatic rings. The summed E-state index contributed by atoms with van der Waals surface area (Å²) in [5.41, 5.74) is 3.65. The third-order valence-corrected chi connectivity index (χ3v) is 4.86. The van der Waals surface area contributed by atoms with Crippen LogP contribution in [-0.2, 0) is 0 Å². The van der Waals surface area contributed by atoms with Gasteiger partial charge in [-0.15, -0.1) is 0 Å². The number of benzene rings is 2. The summed E-state index contributed by atoms with van der Waals surface area (Å²) in [6, 6.07) is 13.3. The van der Waals surface area contributed by atoms with Gasteiger partial charge in [-0.2, -0.15) is 14.5 Å². The minimum Gasteiger partial charge on any atom is -0.350 e. The van der Waals surface area contributed by atoms with Crippen molar-refractivity contribution in [2.45, 2.75) is 0 Å². The van der Waals surface area contributed by atoms with Crippen LogP contribution in [-0.4, -0.2) is 35.4 Å². The van der Waals surface area contributed by atoms with E-state index >= 15 is 0 Å².